The van der Waals surface area contributed by atoms with Crippen LogP contribution in [0.3, 0.4) is 0 Å². The van der Waals surface area contributed by atoms with E-state index in [-0.39, 0.29) is 11.9 Å². The van der Waals surface area contributed by atoms with Gasteiger partial charge in [-0.2, -0.15) is 0 Å². The molecule has 2 aromatic carbocycles. The standard InChI is InChI=1S/C24H28ClN5OS/c1-3-18-8-10-19(11-9-18)26-23(31)24-28-27-22(32-24)16-29-12-14-30(15-13-29)17(2)20-6-4-5-7-21(20)25/h4-11,17H,3,12-16H2,1-2H3,(H,26,31). The maximum absolute atomic E-state index is 12.5. The Labute approximate surface area is 198 Å². The molecule has 0 aliphatic carbocycles. The SMILES string of the molecule is CCc1ccc(NC(=O)c2nnc(CN3CCN(C(C)c4ccccc4Cl)CC3)s2)cc1. The van der Waals surface area contributed by atoms with Crippen molar-refractivity contribution in [1.29, 1.82) is 0 Å². The first-order valence-electron chi connectivity index (χ1n) is 11.0. The number of anilines is 1. The Kier molecular flexibility index (Phi) is 7.52. The lowest BCUT2D eigenvalue weighted by Crippen LogP contribution is -2.46. The first-order valence-corrected chi connectivity index (χ1v) is 12.2. The zero-order chi connectivity index (χ0) is 22.5. The smallest absolute Gasteiger partial charge is 0.286 e. The van der Waals surface area contributed by atoms with Crippen molar-refractivity contribution in [2.75, 3.05) is 31.5 Å². The maximum Gasteiger partial charge on any atom is 0.286 e. The highest BCUT2D eigenvalue weighted by Gasteiger charge is 2.24. The van der Waals surface area contributed by atoms with E-state index in [4.69, 9.17) is 11.6 Å². The molecule has 0 spiro atoms. The van der Waals surface area contributed by atoms with Crippen molar-refractivity contribution in [3.63, 3.8) is 0 Å². The minimum absolute atomic E-state index is 0.212. The number of nitrogens with one attached hydrogen (secondary N) is 1. The Morgan fingerprint density at radius 3 is 2.50 bits per heavy atom. The van der Waals surface area contributed by atoms with Crippen LogP contribution in [0.25, 0.3) is 0 Å². The summed E-state index contributed by atoms with van der Waals surface area (Å²) in [4.78, 5) is 17.3. The molecule has 1 aliphatic rings. The fraction of sp³-hybridized carbons (Fsp3) is 0.375. The van der Waals surface area contributed by atoms with Crippen LogP contribution < -0.4 is 5.32 Å². The summed E-state index contributed by atoms with van der Waals surface area (Å²) in [5, 5.41) is 13.3. The third-order valence-electron chi connectivity index (χ3n) is 5.95. The van der Waals surface area contributed by atoms with Crippen LogP contribution in [0.4, 0.5) is 5.69 Å². The largest absolute Gasteiger partial charge is 0.320 e. The summed E-state index contributed by atoms with van der Waals surface area (Å²) in [7, 11) is 0. The number of hydrogen-bond donors (Lipinski definition) is 1. The monoisotopic (exact) mass is 469 g/mol. The van der Waals surface area contributed by atoms with E-state index in [1.54, 1.807) is 0 Å². The molecule has 1 fully saturated rings. The number of amides is 1. The lowest BCUT2D eigenvalue weighted by molar-refractivity contribution is 0.0977. The van der Waals surface area contributed by atoms with Crippen LogP contribution in [0, 0.1) is 0 Å². The predicted molar refractivity (Wildman–Crippen MR) is 130 cm³/mol. The first kappa shape index (κ1) is 22.9. The molecule has 1 aromatic heterocycles. The second-order valence-corrected chi connectivity index (χ2v) is 9.48. The molecule has 168 valence electrons. The fourth-order valence-electron chi connectivity index (χ4n) is 3.93. The average Bonchev–Trinajstić information content (AvgIpc) is 3.29. The highest BCUT2D eigenvalue weighted by molar-refractivity contribution is 7.13. The first-order chi connectivity index (χ1) is 15.5. The molecule has 0 radical (unpaired) electrons. The highest BCUT2D eigenvalue weighted by Crippen LogP contribution is 2.28. The minimum atomic E-state index is -0.212. The molecule has 32 heavy (non-hydrogen) atoms. The van der Waals surface area contributed by atoms with Gasteiger partial charge in [0, 0.05) is 42.9 Å². The lowest BCUT2D eigenvalue weighted by Gasteiger charge is -2.38. The fourth-order valence-corrected chi connectivity index (χ4v) is 5.00. The molecule has 1 N–H and O–H groups in total. The Morgan fingerprint density at radius 2 is 1.81 bits per heavy atom. The quantitative estimate of drug-likeness (QED) is 0.534. The molecule has 1 atom stereocenters. The minimum Gasteiger partial charge on any atom is -0.320 e. The number of aryl methyl sites for hydroxylation is 1. The van der Waals surface area contributed by atoms with Crippen LogP contribution in [-0.4, -0.2) is 52.1 Å². The van der Waals surface area contributed by atoms with Crippen LogP contribution in [0.2, 0.25) is 5.02 Å². The number of aromatic nitrogens is 2. The van der Waals surface area contributed by atoms with E-state index in [9.17, 15) is 4.79 Å². The second kappa shape index (κ2) is 10.5. The van der Waals surface area contributed by atoms with Crippen molar-refractivity contribution in [3.05, 3.63) is 74.7 Å². The van der Waals surface area contributed by atoms with E-state index in [0.717, 1.165) is 48.3 Å². The number of nitrogens with zero attached hydrogens (tertiary/aromatic N) is 4. The molecule has 6 nitrogen and oxygen atoms in total. The van der Waals surface area contributed by atoms with Crippen molar-refractivity contribution in [1.82, 2.24) is 20.0 Å². The maximum atomic E-state index is 12.5. The van der Waals surface area contributed by atoms with Crippen molar-refractivity contribution in [2.45, 2.75) is 32.9 Å². The van der Waals surface area contributed by atoms with Gasteiger partial charge in [0.15, 0.2) is 0 Å². The molecule has 0 saturated carbocycles. The van der Waals surface area contributed by atoms with Crippen LogP contribution in [0.1, 0.15) is 45.8 Å². The molecule has 1 aliphatic heterocycles. The number of halogens is 1. The van der Waals surface area contributed by atoms with E-state index >= 15 is 0 Å². The van der Waals surface area contributed by atoms with Crippen molar-refractivity contribution in [3.8, 4) is 0 Å². The predicted octanol–water partition coefficient (Wildman–Crippen LogP) is 4.89. The lowest BCUT2D eigenvalue weighted by atomic mass is 10.1. The summed E-state index contributed by atoms with van der Waals surface area (Å²) in [5.74, 6) is -0.212. The van der Waals surface area contributed by atoms with E-state index in [1.807, 2.05) is 42.5 Å². The van der Waals surface area contributed by atoms with Crippen LogP contribution in [0.15, 0.2) is 48.5 Å². The van der Waals surface area contributed by atoms with Gasteiger partial charge in [0.05, 0.1) is 6.54 Å². The number of carbonyl (C=O) groups is 1. The molecule has 1 unspecified atom stereocenters. The third kappa shape index (κ3) is 5.53. The molecule has 1 amide bonds. The van der Waals surface area contributed by atoms with Gasteiger partial charge in [-0.25, -0.2) is 0 Å². The zero-order valence-electron chi connectivity index (χ0n) is 18.4. The third-order valence-corrected chi connectivity index (χ3v) is 7.20. The second-order valence-electron chi connectivity index (χ2n) is 8.02. The summed E-state index contributed by atoms with van der Waals surface area (Å²) >= 11 is 7.74. The van der Waals surface area contributed by atoms with Crippen molar-refractivity contribution in [2.24, 2.45) is 0 Å². The number of carbonyl (C=O) groups excluding carboxylic acids is 1. The number of hydrogen-bond acceptors (Lipinski definition) is 6. The topological polar surface area (TPSA) is 61.4 Å². The van der Waals surface area contributed by atoms with Gasteiger partial charge in [-0.1, -0.05) is 60.2 Å². The van der Waals surface area contributed by atoms with E-state index < -0.39 is 0 Å². The van der Waals surface area contributed by atoms with Gasteiger partial charge in [-0.15, -0.1) is 10.2 Å². The summed E-state index contributed by atoms with van der Waals surface area (Å²) in [6.07, 6.45) is 0.973. The van der Waals surface area contributed by atoms with Gasteiger partial charge in [0.1, 0.15) is 5.01 Å². The normalized spacial score (nSPS) is 16.1. The summed E-state index contributed by atoms with van der Waals surface area (Å²) in [6, 6.07) is 16.2. The van der Waals surface area contributed by atoms with E-state index in [0.29, 0.717) is 11.6 Å². The van der Waals surface area contributed by atoms with Gasteiger partial charge >= 0.3 is 0 Å². The number of piperazine rings is 1. The Morgan fingerprint density at radius 1 is 1.09 bits per heavy atom. The zero-order valence-corrected chi connectivity index (χ0v) is 20.0. The van der Waals surface area contributed by atoms with Gasteiger partial charge in [0.25, 0.3) is 5.91 Å². The van der Waals surface area contributed by atoms with Gasteiger partial charge in [0.2, 0.25) is 5.01 Å². The molecule has 0 bridgehead atoms. The van der Waals surface area contributed by atoms with Gasteiger partial charge in [-0.05, 0) is 42.7 Å². The molecule has 3 aromatic rings. The molecular weight excluding hydrogens is 442 g/mol. The van der Waals surface area contributed by atoms with E-state index in [2.05, 4.69) is 45.2 Å². The van der Waals surface area contributed by atoms with Crippen molar-refractivity contribution < 1.29 is 4.79 Å². The molecule has 4 rings (SSSR count). The molecule has 2 heterocycles. The Balaban J connectivity index is 1.28. The number of benzene rings is 2. The molecular formula is C24H28ClN5OS. The van der Waals surface area contributed by atoms with Gasteiger partial charge < -0.3 is 5.32 Å². The summed E-state index contributed by atoms with van der Waals surface area (Å²) in [6.45, 7) is 8.85. The van der Waals surface area contributed by atoms with Gasteiger partial charge in [-0.3, -0.25) is 14.6 Å². The van der Waals surface area contributed by atoms with Crippen LogP contribution >= 0.6 is 22.9 Å². The van der Waals surface area contributed by atoms with Crippen molar-refractivity contribution >= 4 is 34.5 Å². The average molecular weight is 470 g/mol. The van der Waals surface area contributed by atoms with Crippen LogP contribution in [-0.2, 0) is 13.0 Å². The van der Waals surface area contributed by atoms with E-state index in [1.165, 1.54) is 22.5 Å². The Hall–Kier alpha value is -2.32. The highest BCUT2D eigenvalue weighted by atomic mass is 35.5. The Bertz CT molecular complexity index is 1050. The van der Waals surface area contributed by atoms with Crippen LogP contribution in [0.5, 0.6) is 0 Å². The number of rotatable bonds is 7. The molecule has 8 heteroatoms. The molecule has 1 saturated heterocycles. The summed E-state index contributed by atoms with van der Waals surface area (Å²) in [5.41, 5.74) is 3.18. The summed E-state index contributed by atoms with van der Waals surface area (Å²) < 4.78 is 0.